The summed E-state index contributed by atoms with van der Waals surface area (Å²) in [7, 11) is 5.18. The van der Waals surface area contributed by atoms with E-state index >= 15 is 0 Å². The second-order valence-corrected chi connectivity index (χ2v) is 7.11. The van der Waals surface area contributed by atoms with E-state index in [2.05, 4.69) is 23.1 Å². The molecule has 26 heavy (non-hydrogen) atoms. The van der Waals surface area contributed by atoms with E-state index in [1.165, 1.54) is 0 Å². The van der Waals surface area contributed by atoms with Gasteiger partial charge >= 0.3 is 0 Å². The first-order chi connectivity index (χ1) is 12.5. The number of rotatable bonds is 5. The van der Waals surface area contributed by atoms with E-state index in [1.54, 1.807) is 26.1 Å². The van der Waals surface area contributed by atoms with Crippen LogP contribution in [-0.2, 0) is 20.8 Å². The van der Waals surface area contributed by atoms with Gasteiger partial charge in [-0.2, -0.15) is 0 Å². The van der Waals surface area contributed by atoms with E-state index in [9.17, 15) is 4.79 Å². The maximum atomic E-state index is 12.3. The van der Waals surface area contributed by atoms with Crippen LogP contribution in [0.5, 0.6) is 0 Å². The Morgan fingerprint density at radius 1 is 1.31 bits per heavy atom. The Morgan fingerprint density at radius 3 is 2.88 bits per heavy atom. The summed E-state index contributed by atoms with van der Waals surface area (Å²) in [5, 5.41) is 1.14. The van der Waals surface area contributed by atoms with Crippen LogP contribution in [0.15, 0.2) is 36.4 Å². The Hall–Kier alpha value is -2.02. The van der Waals surface area contributed by atoms with Gasteiger partial charge in [-0.1, -0.05) is 24.3 Å². The van der Waals surface area contributed by atoms with Gasteiger partial charge in [0.05, 0.1) is 30.8 Å². The molecular weight excluding hydrogens is 330 g/mol. The van der Waals surface area contributed by atoms with Crippen LogP contribution in [0.1, 0.15) is 12.1 Å². The number of nitrogens with zero attached hydrogens (tertiary/aromatic N) is 3. The molecule has 2 aromatic rings. The first-order valence-corrected chi connectivity index (χ1v) is 8.91. The lowest BCUT2D eigenvalue weighted by Gasteiger charge is -2.34. The topological polar surface area (TPSA) is 54.9 Å². The third-order valence-electron chi connectivity index (χ3n) is 4.88. The second-order valence-electron chi connectivity index (χ2n) is 7.11. The zero-order chi connectivity index (χ0) is 18.6. The van der Waals surface area contributed by atoms with Crippen LogP contribution in [0, 0.1) is 0 Å². The molecule has 0 unspecified atom stereocenters. The van der Waals surface area contributed by atoms with E-state index < -0.39 is 5.60 Å². The van der Waals surface area contributed by atoms with Crippen molar-refractivity contribution in [3.8, 4) is 0 Å². The number of hydrogen-bond acceptors (Lipinski definition) is 5. The Balaban J connectivity index is 1.76. The molecule has 140 valence electrons. The van der Waals surface area contributed by atoms with E-state index in [0.29, 0.717) is 32.7 Å². The molecule has 1 saturated heterocycles. The number of amides is 1. The van der Waals surface area contributed by atoms with Crippen LogP contribution < -0.4 is 0 Å². The van der Waals surface area contributed by atoms with Gasteiger partial charge in [0.2, 0.25) is 5.91 Å². The number of carbonyl (C=O) groups is 1. The van der Waals surface area contributed by atoms with Crippen molar-refractivity contribution in [2.45, 2.75) is 18.6 Å². The highest BCUT2D eigenvalue weighted by Crippen LogP contribution is 2.23. The third-order valence-corrected chi connectivity index (χ3v) is 4.88. The van der Waals surface area contributed by atoms with Crippen LogP contribution in [0.4, 0.5) is 0 Å². The van der Waals surface area contributed by atoms with Crippen LogP contribution in [0.3, 0.4) is 0 Å². The number of fused-ring (bicyclic) bond motifs is 1. The molecule has 2 heterocycles. The largest absolute Gasteiger partial charge is 0.377 e. The number of pyridine rings is 1. The van der Waals surface area contributed by atoms with Gasteiger partial charge in [0.1, 0.15) is 5.60 Å². The predicted molar refractivity (Wildman–Crippen MR) is 101 cm³/mol. The molecule has 0 N–H and O–H groups in total. The minimum Gasteiger partial charge on any atom is -0.377 e. The molecule has 0 aliphatic carbocycles. The highest BCUT2D eigenvalue weighted by atomic mass is 16.5. The van der Waals surface area contributed by atoms with Gasteiger partial charge in [-0.15, -0.1) is 0 Å². The zero-order valence-corrected chi connectivity index (χ0v) is 15.8. The van der Waals surface area contributed by atoms with E-state index in [1.807, 2.05) is 18.2 Å². The van der Waals surface area contributed by atoms with Gasteiger partial charge in [0.15, 0.2) is 0 Å². The minimum atomic E-state index is -0.630. The Bertz CT molecular complexity index is 765. The summed E-state index contributed by atoms with van der Waals surface area (Å²) in [4.78, 5) is 20.9. The number of benzene rings is 1. The maximum Gasteiger partial charge on any atom is 0.225 e. The summed E-state index contributed by atoms with van der Waals surface area (Å²) >= 11 is 0. The van der Waals surface area contributed by atoms with Crippen molar-refractivity contribution in [1.82, 2.24) is 14.8 Å². The summed E-state index contributed by atoms with van der Waals surface area (Å²) < 4.78 is 11.5. The zero-order valence-electron chi connectivity index (χ0n) is 15.8. The number of methoxy groups -OCH3 is 1. The molecular formula is C20H27N3O3. The quantitative estimate of drug-likeness (QED) is 0.818. The molecule has 1 aliphatic heterocycles. The molecule has 0 spiro atoms. The number of aromatic nitrogens is 1. The first-order valence-electron chi connectivity index (χ1n) is 8.91. The van der Waals surface area contributed by atoms with Gasteiger partial charge in [-0.25, -0.2) is 0 Å². The average Bonchev–Trinajstić information content (AvgIpc) is 2.84. The summed E-state index contributed by atoms with van der Waals surface area (Å²) in [6.07, 6.45) is 0.304. The molecule has 1 aliphatic rings. The van der Waals surface area contributed by atoms with Crippen LogP contribution in [-0.4, -0.2) is 73.8 Å². The van der Waals surface area contributed by atoms with E-state index in [4.69, 9.17) is 14.5 Å². The number of para-hydroxylation sites is 1. The van der Waals surface area contributed by atoms with Crippen molar-refractivity contribution < 1.29 is 14.3 Å². The molecule has 0 radical (unpaired) electrons. The normalized spacial score (nSPS) is 21.5. The van der Waals surface area contributed by atoms with Crippen molar-refractivity contribution >= 4 is 16.8 Å². The number of ether oxygens (including phenoxy) is 2. The molecule has 0 bridgehead atoms. The fourth-order valence-corrected chi connectivity index (χ4v) is 3.28. The molecule has 1 amide bonds. The molecule has 1 atom stereocenters. The third kappa shape index (κ3) is 4.38. The van der Waals surface area contributed by atoms with Gasteiger partial charge in [0, 0.05) is 46.2 Å². The monoisotopic (exact) mass is 357 g/mol. The second kappa shape index (κ2) is 8.12. The Labute approximate surface area is 154 Å². The van der Waals surface area contributed by atoms with Crippen LogP contribution >= 0.6 is 0 Å². The fraction of sp³-hybridized carbons (Fsp3) is 0.500. The van der Waals surface area contributed by atoms with E-state index in [-0.39, 0.29) is 5.91 Å². The van der Waals surface area contributed by atoms with Crippen LogP contribution in [0.2, 0.25) is 0 Å². The van der Waals surface area contributed by atoms with E-state index in [0.717, 1.165) is 23.1 Å². The Kier molecular flexibility index (Phi) is 5.86. The standard InChI is InChI=1S/C20H27N3O3/c1-22(2)19(24)12-20(25-3)14-23(10-11-26-15-20)13-17-9-8-16-6-4-5-7-18(16)21-17/h4-9H,10-15H2,1-3H3/t20-/m0/s1. The Morgan fingerprint density at radius 2 is 2.12 bits per heavy atom. The lowest BCUT2D eigenvalue weighted by Crippen LogP contribution is -2.48. The van der Waals surface area contributed by atoms with Gasteiger partial charge in [-0.3, -0.25) is 14.7 Å². The highest BCUT2D eigenvalue weighted by Gasteiger charge is 2.37. The molecule has 6 heteroatoms. The van der Waals surface area contributed by atoms with Crippen LogP contribution in [0.25, 0.3) is 10.9 Å². The van der Waals surface area contributed by atoms with Crippen molar-refractivity contribution in [2.24, 2.45) is 0 Å². The number of hydrogen-bond donors (Lipinski definition) is 0. The van der Waals surface area contributed by atoms with Crippen molar-refractivity contribution in [3.05, 3.63) is 42.1 Å². The SMILES string of the molecule is CO[C@]1(CC(=O)N(C)C)COCCN(Cc2ccc3ccccc3n2)C1. The summed E-state index contributed by atoms with van der Waals surface area (Å²) in [6, 6.07) is 12.3. The minimum absolute atomic E-state index is 0.0427. The predicted octanol–water partition coefficient (Wildman–Crippen LogP) is 1.93. The van der Waals surface area contributed by atoms with Gasteiger partial charge < -0.3 is 14.4 Å². The van der Waals surface area contributed by atoms with Crippen molar-refractivity contribution in [2.75, 3.05) is 47.5 Å². The summed E-state index contributed by atoms with van der Waals surface area (Å²) in [5.41, 5.74) is 1.38. The molecule has 6 nitrogen and oxygen atoms in total. The van der Waals surface area contributed by atoms with Gasteiger partial charge in [0.25, 0.3) is 0 Å². The molecule has 1 aromatic heterocycles. The molecule has 1 aromatic carbocycles. The highest BCUT2D eigenvalue weighted by molar-refractivity contribution is 5.78. The molecule has 3 rings (SSSR count). The smallest absolute Gasteiger partial charge is 0.225 e. The summed E-state index contributed by atoms with van der Waals surface area (Å²) in [6.45, 7) is 3.17. The fourth-order valence-electron chi connectivity index (χ4n) is 3.28. The molecule has 0 saturated carbocycles. The average molecular weight is 357 g/mol. The van der Waals surface area contributed by atoms with Crippen molar-refractivity contribution in [1.29, 1.82) is 0 Å². The molecule has 1 fully saturated rings. The number of carbonyl (C=O) groups excluding carboxylic acids is 1. The van der Waals surface area contributed by atoms with Crippen molar-refractivity contribution in [3.63, 3.8) is 0 Å². The first kappa shape index (κ1) is 18.8. The lowest BCUT2D eigenvalue weighted by molar-refractivity contribution is -0.139. The maximum absolute atomic E-state index is 12.3. The summed E-state index contributed by atoms with van der Waals surface area (Å²) in [5.74, 6) is 0.0427. The van der Waals surface area contributed by atoms with Gasteiger partial charge in [-0.05, 0) is 12.1 Å². The lowest BCUT2D eigenvalue weighted by atomic mass is 9.98.